The molecule has 3 aromatic carbocycles. The lowest BCUT2D eigenvalue weighted by Crippen LogP contribution is -2.32. The van der Waals surface area contributed by atoms with Crippen molar-refractivity contribution in [3.05, 3.63) is 101 Å². The molecule has 3 aromatic rings. The van der Waals surface area contributed by atoms with Gasteiger partial charge >= 0.3 is 0 Å². The highest BCUT2D eigenvalue weighted by atomic mass is 32.2. The molecule has 24 heavy (non-hydrogen) atoms. The van der Waals surface area contributed by atoms with Crippen LogP contribution in [0.5, 0.6) is 0 Å². The van der Waals surface area contributed by atoms with Crippen molar-refractivity contribution in [2.45, 2.75) is 29.1 Å². The average molecular weight is 326 g/mol. The highest BCUT2D eigenvalue weighted by molar-refractivity contribution is 7.99. The van der Waals surface area contributed by atoms with Crippen LogP contribution in [0.25, 0.3) is 5.57 Å². The van der Waals surface area contributed by atoms with Gasteiger partial charge in [0.2, 0.25) is 0 Å². The van der Waals surface area contributed by atoms with Gasteiger partial charge in [-0.3, -0.25) is 0 Å². The van der Waals surface area contributed by atoms with Crippen molar-refractivity contribution in [1.29, 1.82) is 0 Å². The Balaban J connectivity index is 1.99. The van der Waals surface area contributed by atoms with Crippen LogP contribution in [0, 0.1) is 0 Å². The van der Waals surface area contributed by atoms with Crippen LogP contribution in [-0.2, 0) is 5.41 Å². The molecule has 0 fully saturated rings. The zero-order valence-electron chi connectivity index (χ0n) is 13.8. The SMILES string of the molecule is CC1=C(C)C2(c3ccccc3Sc3ccccc32)c2ccccc21. The minimum atomic E-state index is -0.140. The monoisotopic (exact) mass is 326 g/mol. The lowest BCUT2D eigenvalue weighted by Gasteiger charge is -2.40. The predicted molar refractivity (Wildman–Crippen MR) is 102 cm³/mol. The first-order chi connectivity index (χ1) is 11.7. The van der Waals surface area contributed by atoms with Gasteiger partial charge in [-0.25, -0.2) is 0 Å². The van der Waals surface area contributed by atoms with Crippen molar-refractivity contribution >= 4 is 17.3 Å². The second-order valence-corrected chi connectivity index (χ2v) is 7.72. The van der Waals surface area contributed by atoms with E-state index >= 15 is 0 Å². The number of allylic oxidation sites excluding steroid dienone is 2. The summed E-state index contributed by atoms with van der Waals surface area (Å²) in [6, 6.07) is 26.8. The van der Waals surface area contributed by atoms with Gasteiger partial charge in [-0.2, -0.15) is 0 Å². The molecule has 0 amide bonds. The Morgan fingerprint density at radius 2 is 1.12 bits per heavy atom. The molecule has 116 valence electrons. The minimum Gasteiger partial charge on any atom is -0.0894 e. The topological polar surface area (TPSA) is 0 Å². The van der Waals surface area contributed by atoms with E-state index < -0.39 is 0 Å². The smallest absolute Gasteiger partial charge is 0.0692 e. The predicted octanol–water partition coefficient (Wildman–Crippen LogP) is 6.29. The Hall–Kier alpha value is -2.25. The summed E-state index contributed by atoms with van der Waals surface area (Å²) in [4.78, 5) is 2.75. The third-order valence-corrected chi connectivity index (χ3v) is 6.81. The van der Waals surface area contributed by atoms with Gasteiger partial charge in [0, 0.05) is 9.79 Å². The fraction of sp³-hybridized carbons (Fsp3) is 0.130. The molecule has 1 heterocycles. The summed E-state index contributed by atoms with van der Waals surface area (Å²) >= 11 is 1.90. The van der Waals surface area contributed by atoms with Crippen molar-refractivity contribution in [2.75, 3.05) is 0 Å². The van der Waals surface area contributed by atoms with E-state index in [1.807, 2.05) is 11.8 Å². The normalized spacial score (nSPS) is 16.8. The van der Waals surface area contributed by atoms with Gasteiger partial charge in [0.15, 0.2) is 0 Å². The van der Waals surface area contributed by atoms with Crippen molar-refractivity contribution in [1.82, 2.24) is 0 Å². The number of rotatable bonds is 0. The Morgan fingerprint density at radius 1 is 0.625 bits per heavy atom. The van der Waals surface area contributed by atoms with E-state index in [1.165, 1.54) is 43.2 Å². The van der Waals surface area contributed by atoms with Crippen LogP contribution >= 0.6 is 11.8 Å². The fourth-order valence-corrected chi connectivity index (χ4v) is 5.70. The van der Waals surface area contributed by atoms with Gasteiger partial charge in [0.25, 0.3) is 0 Å². The first-order valence-electron chi connectivity index (χ1n) is 8.39. The zero-order valence-corrected chi connectivity index (χ0v) is 14.7. The first kappa shape index (κ1) is 14.1. The molecule has 1 heteroatoms. The van der Waals surface area contributed by atoms with Crippen LogP contribution < -0.4 is 0 Å². The molecule has 0 radical (unpaired) electrons. The van der Waals surface area contributed by atoms with Crippen LogP contribution in [0.4, 0.5) is 0 Å². The van der Waals surface area contributed by atoms with E-state index in [1.54, 1.807) is 0 Å². The lowest BCUT2D eigenvalue weighted by molar-refractivity contribution is 0.701. The maximum atomic E-state index is 2.32. The summed E-state index contributed by atoms with van der Waals surface area (Å²) in [5.41, 5.74) is 8.42. The van der Waals surface area contributed by atoms with Crippen molar-refractivity contribution in [3.8, 4) is 0 Å². The molecule has 1 aliphatic heterocycles. The molecule has 1 aliphatic carbocycles. The molecule has 0 N–H and O–H groups in total. The molecule has 0 saturated carbocycles. The molecule has 0 unspecified atom stereocenters. The van der Waals surface area contributed by atoms with Gasteiger partial charge in [-0.05, 0) is 53.8 Å². The van der Waals surface area contributed by atoms with E-state index in [0.29, 0.717) is 0 Å². The van der Waals surface area contributed by atoms with Gasteiger partial charge in [-0.15, -0.1) is 0 Å². The van der Waals surface area contributed by atoms with Gasteiger partial charge in [0.1, 0.15) is 0 Å². The summed E-state index contributed by atoms with van der Waals surface area (Å²) in [5, 5.41) is 0. The lowest BCUT2D eigenvalue weighted by atomic mass is 9.67. The maximum Gasteiger partial charge on any atom is 0.0692 e. The molecule has 0 saturated heterocycles. The summed E-state index contributed by atoms with van der Waals surface area (Å²) in [7, 11) is 0. The Bertz CT molecular complexity index is 964. The van der Waals surface area contributed by atoms with E-state index in [0.717, 1.165) is 0 Å². The van der Waals surface area contributed by atoms with Gasteiger partial charge < -0.3 is 0 Å². The average Bonchev–Trinajstić information content (AvgIpc) is 2.85. The quantitative estimate of drug-likeness (QED) is 0.467. The third-order valence-electron chi connectivity index (χ3n) is 5.66. The first-order valence-corrected chi connectivity index (χ1v) is 9.21. The second-order valence-electron chi connectivity index (χ2n) is 6.64. The van der Waals surface area contributed by atoms with Gasteiger partial charge in [0.05, 0.1) is 5.41 Å². The zero-order chi connectivity index (χ0) is 16.3. The number of hydrogen-bond acceptors (Lipinski definition) is 1. The molecule has 0 nitrogen and oxygen atoms in total. The highest BCUT2D eigenvalue weighted by Crippen LogP contribution is 2.60. The van der Waals surface area contributed by atoms with Crippen LogP contribution in [0.1, 0.15) is 36.1 Å². The molecule has 0 atom stereocenters. The number of hydrogen-bond donors (Lipinski definition) is 0. The van der Waals surface area contributed by atoms with Crippen LogP contribution in [-0.4, -0.2) is 0 Å². The standard InChI is InChI=1S/C23H18S/c1-15-16(2)23(18-10-4-3-9-17(15)18)19-11-5-7-13-21(19)24-22-14-8-6-12-20(22)23/h3-14H,1-2H3. The number of fused-ring (bicyclic) bond motifs is 6. The van der Waals surface area contributed by atoms with E-state index in [2.05, 4.69) is 86.6 Å². The molecule has 2 aliphatic rings. The van der Waals surface area contributed by atoms with E-state index in [-0.39, 0.29) is 5.41 Å². The second kappa shape index (κ2) is 4.87. The molecular formula is C23H18S. The van der Waals surface area contributed by atoms with Crippen molar-refractivity contribution in [3.63, 3.8) is 0 Å². The Morgan fingerprint density at radius 3 is 1.75 bits per heavy atom. The summed E-state index contributed by atoms with van der Waals surface area (Å²) in [5.74, 6) is 0. The van der Waals surface area contributed by atoms with Crippen LogP contribution in [0.15, 0.2) is 88.2 Å². The summed E-state index contributed by atoms with van der Waals surface area (Å²) in [6.07, 6.45) is 0. The molecule has 0 bridgehead atoms. The molecule has 5 rings (SSSR count). The van der Waals surface area contributed by atoms with E-state index in [4.69, 9.17) is 0 Å². The maximum absolute atomic E-state index is 2.32. The van der Waals surface area contributed by atoms with Gasteiger partial charge in [-0.1, -0.05) is 78.0 Å². The van der Waals surface area contributed by atoms with Crippen molar-refractivity contribution < 1.29 is 0 Å². The Labute approximate surface area is 147 Å². The largest absolute Gasteiger partial charge is 0.0894 e. The molecule has 1 spiro atoms. The molecule has 0 aromatic heterocycles. The van der Waals surface area contributed by atoms with E-state index in [9.17, 15) is 0 Å². The minimum absolute atomic E-state index is 0.140. The summed E-state index contributed by atoms with van der Waals surface area (Å²) < 4.78 is 0. The third kappa shape index (κ3) is 1.56. The fourth-order valence-electron chi connectivity index (χ4n) is 4.51. The number of benzene rings is 3. The highest BCUT2D eigenvalue weighted by Gasteiger charge is 2.48. The summed E-state index contributed by atoms with van der Waals surface area (Å²) in [6.45, 7) is 4.59. The van der Waals surface area contributed by atoms with Crippen LogP contribution in [0.3, 0.4) is 0 Å². The Kier molecular flexibility index (Phi) is 2.87. The van der Waals surface area contributed by atoms with Crippen LogP contribution in [0.2, 0.25) is 0 Å². The molecular weight excluding hydrogens is 308 g/mol. The van der Waals surface area contributed by atoms with Crippen molar-refractivity contribution in [2.24, 2.45) is 0 Å².